The minimum absolute atomic E-state index is 0.146. The van der Waals surface area contributed by atoms with Crippen molar-refractivity contribution in [2.75, 3.05) is 6.54 Å². The molecular formula is C10H16ClNO2. The van der Waals surface area contributed by atoms with Crippen LogP contribution in [0.4, 0.5) is 0 Å². The van der Waals surface area contributed by atoms with Crippen LogP contribution in [0.1, 0.15) is 25.7 Å². The van der Waals surface area contributed by atoms with Crippen molar-refractivity contribution in [1.29, 1.82) is 0 Å². The molecule has 1 aliphatic rings. The predicted molar refractivity (Wildman–Crippen MR) is 56.4 cm³/mol. The maximum atomic E-state index is 10.7. The third kappa shape index (κ3) is 3.68. The minimum Gasteiger partial charge on any atom is -0.481 e. The fraction of sp³-hybridized carbons (Fsp3) is 0.700. The molecule has 0 aromatic heterocycles. The highest BCUT2D eigenvalue weighted by atomic mass is 35.5. The summed E-state index contributed by atoms with van der Waals surface area (Å²) in [4.78, 5) is 10.7. The number of carboxylic acid groups (broad SMARTS) is 1. The van der Waals surface area contributed by atoms with E-state index in [2.05, 4.69) is 11.9 Å². The highest BCUT2D eigenvalue weighted by Crippen LogP contribution is 2.24. The zero-order valence-electron chi connectivity index (χ0n) is 8.13. The fourth-order valence-electron chi connectivity index (χ4n) is 1.80. The van der Waals surface area contributed by atoms with Gasteiger partial charge < -0.3 is 10.4 Å². The van der Waals surface area contributed by atoms with Crippen molar-refractivity contribution < 1.29 is 9.90 Å². The van der Waals surface area contributed by atoms with Gasteiger partial charge in [0, 0.05) is 17.6 Å². The molecule has 0 aromatic carbocycles. The van der Waals surface area contributed by atoms with Gasteiger partial charge in [0.25, 0.3) is 0 Å². The Labute approximate surface area is 89.1 Å². The maximum Gasteiger partial charge on any atom is 0.306 e. The average Bonchev–Trinajstić information content (AvgIpc) is 2.15. The zero-order valence-corrected chi connectivity index (χ0v) is 8.89. The Bertz CT molecular complexity index is 222. The summed E-state index contributed by atoms with van der Waals surface area (Å²) in [5, 5.41) is 12.6. The first-order chi connectivity index (χ1) is 6.59. The topological polar surface area (TPSA) is 49.3 Å². The summed E-state index contributed by atoms with van der Waals surface area (Å²) in [7, 11) is 0. The summed E-state index contributed by atoms with van der Waals surface area (Å²) >= 11 is 5.63. The Morgan fingerprint density at radius 2 is 2.00 bits per heavy atom. The number of hydrogen-bond donors (Lipinski definition) is 2. The van der Waals surface area contributed by atoms with Gasteiger partial charge >= 0.3 is 5.97 Å². The normalized spacial score (nSPS) is 27.2. The van der Waals surface area contributed by atoms with Crippen molar-refractivity contribution in [2.45, 2.75) is 31.7 Å². The lowest BCUT2D eigenvalue weighted by Crippen LogP contribution is -2.35. The molecule has 80 valence electrons. The van der Waals surface area contributed by atoms with Crippen LogP contribution in [-0.2, 0) is 4.79 Å². The van der Waals surface area contributed by atoms with Crippen molar-refractivity contribution >= 4 is 17.6 Å². The number of halogens is 1. The van der Waals surface area contributed by atoms with Gasteiger partial charge in [-0.3, -0.25) is 4.79 Å². The second kappa shape index (κ2) is 5.37. The first-order valence-electron chi connectivity index (χ1n) is 4.89. The molecule has 2 N–H and O–H groups in total. The molecule has 0 amide bonds. The molecule has 0 atom stereocenters. The average molecular weight is 218 g/mol. The van der Waals surface area contributed by atoms with E-state index in [0.29, 0.717) is 17.6 Å². The van der Waals surface area contributed by atoms with Crippen LogP contribution in [0, 0.1) is 5.92 Å². The van der Waals surface area contributed by atoms with E-state index in [1.54, 1.807) is 0 Å². The Balaban J connectivity index is 2.22. The van der Waals surface area contributed by atoms with E-state index in [4.69, 9.17) is 16.7 Å². The molecule has 0 unspecified atom stereocenters. The van der Waals surface area contributed by atoms with Crippen LogP contribution in [-0.4, -0.2) is 23.7 Å². The van der Waals surface area contributed by atoms with E-state index >= 15 is 0 Å². The monoisotopic (exact) mass is 217 g/mol. The molecule has 1 aliphatic carbocycles. The standard InChI is InChI=1S/C10H16ClNO2/c1-7(11)6-12-9-4-2-8(3-5-9)10(13)14/h8-9,12H,1-6H2,(H,13,14). The molecule has 0 bridgehead atoms. The molecule has 1 saturated carbocycles. The number of nitrogens with one attached hydrogen (secondary N) is 1. The highest BCUT2D eigenvalue weighted by Gasteiger charge is 2.25. The van der Waals surface area contributed by atoms with E-state index in [9.17, 15) is 4.79 Å². The summed E-state index contributed by atoms with van der Waals surface area (Å²) in [6.07, 6.45) is 3.37. The van der Waals surface area contributed by atoms with Gasteiger partial charge in [-0.1, -0.05) is 18.2 Å². The second-order valence-electron chi connectivity index (χ2n) is 3.78. The molecule has 0 aliphatic heterocycles. The van der Waals surface area contributed by atoms with Gasteiger partial charge in [0.15, 0.2) is 0 Å². The van der Waals surface area contributed by atoms with Gasteiger partial charge in [-0.25, -0.2) is 0 Å². The SMILES string of the molecule is C=C(Cl)CNC1CCC(C(=O)O)CC1. The molecule has 0 saturated heterocycles. The lowest BCUT2D eigenvalue weighted by Gasteiger charge is -2.26. The molecule has 4 heteroatoms. The Kier molecular flexibility index (Phi) is 4.42. The highest BCUT2D eigenvalue weighted by molar-refractivity contribution is 6.29. The Morgan fingerprint density at radius 1 is 1.43 bits per heavy atom. The predicted octanol–water partition coefficient (Wildman–Crippen LogP) is 1.97. The quantitative estimate of drug-likeness (QED) is 0.757. The number of carbonyl (C=O) groups is 1. The lowest BCUT2D eigenvalue weighted by molar-refractivity contribution is -0.142. The van der Waals surface area contributed by atoms with Crippen molar-refractivity contribution in [3.63, 3.8) is 0 Å². The van der Waals surface area contributed by atoms with Gasteiger partial charge in [0.2, 0.25) is 0 Å². The second-order valence-corrected chi connectivity index (χ2v) is 4.32. The lowest BCUT2D eigenvalue weighted by atomic mass is 9.86. The van der Waals surface area contributed by atoms with Crippen LogP contribution in [0.3, 0.4) is 0 Å². The summed E-state index contributed by atoms with van der Waals surface area (Å²) in [5.74, 6) is -0.808. The van der Waals surface area contributed by atoms with E-state index in [1.165, 1.54) is 0 Å². The summed E-state index contributed by atoms with van der Waals surface area (Å²) in [6.45, 7) is 4.21. The van der Waals surface area contributed by atoms with Crippen molar-refractivity contribution in [2.24, 2.45) is 5.92 Å². The number of carboxylic acids is 1. The molecule has 1 fully saturated rings. The summed E-state index contributed by atoms with van der Waals surface area (Å²) < 4.78 is 0. The van der Waals surface area contributed by atoms with Gasteiger partial charge in [-0.2, -0.15) is 0 Å². The van der Waals surface area contributed by atoms with Crippen molar-refractivity contribution in [1.82, 2.24) is 5.32 Å². The first kappa shape index (κ1) is 11.5. The van der Waals surface area contributed by atoms with Crippen LogP contribution >= 0.6 is 11.6 Å². The van der Waals surface area contributed by atoms with E-state index in [0.717, 1.165) is 25.7 Å². The van der Waals surface area contributed by atoms with E-state index < -0.39 is 5.97 Å². The van der Waals surface area contributed by atoms with Gasteiger partial charge in [0.05, 0.1) is 5.92 Å². The van der Waals surface area contributed by atoms with Crippen LogP contribution in [0.25, 0.3) is 0 Å². The van der Waals surface area contributed by atoms with Crippen LogP contribution in [0.15, 0.2) is 11.6 Å². The molecular weight excluding hydrogens is 202 g/mol. The molecule has 0 radical (unpaired) electrons. The van der Waals surface area contributed by atoms with Gasteiger partial charge in [-0.15, -0.1) is 0 Å². The van der Waals surface area contributed by atoms with Crippen molar-refractivity contribution in [3.8, 4) is 0 Å². The van der Waals surface area contributed by atoms with Crippen LogP contribution in [0.2, 0.25) is 0 Å². The summed E-state index contributed by atoms with van der Waals surface area (Å²) in [6, 6.07) is 0.404. The maximum absolute atomic E-state index is 10.7. The number of rotatable bonds is 4. The number of hydrogen-bond acceptors (Lipinski definition) is 2. The molecule has 3 nitrogen and oxygen atoms in total. The molecule has 14 heavy (non-hydrogen) atoms. The third-order valence-corrected chi connectivity index (χ3v) is 2.79. The van der Waals surface area contributed by atoms with Crippen molar-refractivity contribution in [3.05, 3.63) is 11.6 Å². The fourth-order valence-corrected chi connectivity index (χ4v) is 1.88. The molecule has 0 aromatic rings. The van der Waals surface area contributed by atoms with Crippen LogP contribution in [0.5, 0.6) is 0 Å². The van der Waals surface area contributed by atoms with E-state index in [1.807, 2.05) is 0 Å². The third-order valence-electron chi connectivity index (χ3n) is 2.66. The first-order valence-corrected chi connectivity index (χ1v) is 5.27. The molecule has 0 spiro atoms. The van der Waals surface area contributed by atoms with Crippen LogP contribution < -0.4 is 5.32 Å². The Hall–Kier alpha value is -0.540. The smallest absolute Gasteiger partial charge is 0.306 e. The van der Waals surface area contributed by atoms with Gasteiger partial charge in [-0.05, 0) is 25.7 Å². The van der Waals surface area contributed by atoms with Gasteiger partial charge in [0.1, 0.15) is 0 Å². The number of aliphatic carboxylic acids is 1. The Morgan fingerprint density at radius 3 is 2.43 bits per heavy atom. The minimum atomic E-state index is -0.662. The molecule has 1 rings (SSSR count). The summed E-state index contributed by atoms with van der Waals surface area (Å²) in [5.41, 5.74) is 0. The van der Waals surface area contributed by atoms with E-state index in [-0.39, 0.29) is 5.92 Å². The molecule has 0 heterocycles. The largest absolute Gasteiger partial charge is 0.481 e. The zero-order chi connectivity index (χ0) is 10.6.